The summed E-state index contributed by atoms with van der Waals surface area (Å²) in [5.41, 5.74) is 1.98. The van der Waals surface area contributed by atoms with Crippen LogP contribution in [0.1, 0.15) is 22.4 Å². The number of fused-ring (bicyclic) bond motifs is 1. The molecule has 0 amide bonds. The molecule has 2 heterocycles. The zero-order valence-corrected chi connectivity index (χ0v) is 16.6. The Labute approximate surface area is 169 Å². The number of benzene rings is 2. The quantitative estimate of drug-likeness (QED) is 0.521. The van der Waals surface area contributed by atoms with Crippen molar-refractivity contribution in [2.24, 2.45) is 0 Å². The lowest BCUT2D eigenvalue weighted by Crippen LogP contribution is -2.27. The number of rotatable bonds is 4. The number of aromatic nitrogens is 2. The predicted octanol–water partition coefficient (Wildman–Crippen LogP) is 2.71. The lowest BCUT2D eigenvalue weighted by molar-refractivity contribution is 0.414. The number of nitrogens with zero attached hydrogens (tertiary/aromatic N) is 2. The van der Waals surface area contributed by atoms with E-state index >= 15 is 0 Å². The van der Waals surface area contributed by atoms with E-state index in [2.05, 4.69) is 4.98 Å². The van der Waals surface area contributed by atoms with Crippen LogP contribution in [0.25, 0.3) is 11.0 Å². The van der Waals surface area contributed by atoms with Gasteiger partial charge in [-0.1, -0.05) is 35.6 Å². The third kappa shape index (κ3) is 3.69. The minimum atomic E-state index is -0.374. The van der Waals surface area contributed by atoms with E-state index in [-0.39, 0.29) is 23.4 Å². The Balaban J connectivity index is 1.85. The Hall–Kier alpha value is -3.32. The van der Waals surface area contributed by atoms with Crippen molar-refractivity contribution in [2.45, 2.75) is 13.3 Å². The van der Waals surface area contributed by atoms with Crippen LogP contribution in [0.2, 0.25) is 0 Å². The van der Waals surface area contributed by atoms with Crippen molar-refractivity contribution in [3.63, 3.8) is 0 Å². The first-order valence-corrected chi connectivity index (χ1v) is 9.73. The van der Waals surface area contributed by atoms with Crippen LogP contribution >= 0.6 is 11.3 Å². The van der Waals surface area contributed by atoms with Gasteiger partial charge in [-0.15, -0.1) is 0 Å². The summed E-state index contributed by atoms with van der Waals surface area (Å²) in [7, 11) is 1.58. The monoisotopic (exact) mass is 408 g/mol. The number of hydrogen-bond acceptors (Lipinski definition) is 5. The molecule has 0 unspecified atom stereocenters. The molecule has 0 saturated heterocycles. The zero-order chi connectivity index (χ0) is 20.5. The molecule has 7 heteroatoms. The molecule has 0 aliphatic rings. The van der Waals surface area contributed by atoms with Crippen molar-refractivity contribution in [3.05, 3.63) is 102 Å². The highest BCUT2D eigenvalue weighted by Gasteiger charge is 2.15. The van der Waals surface area contributed by atoms with Gasteiger partial charge < -0.3 is 4.74 Å². The summed E-state index contributed by atoms with van der Waals surface area (Å²) in [6, 6.07) is 13.3. The van der Waals surface area contributed by atoms with Crippen LogP contribution in [0.5, 0.6) is 5.75 Å². The normalized spacial score (nSPS) is 11.9. The molecule has 0 bridgehead atoms. The maximum absolute atomic E-state index is 13.1. The largest absolute Gasteiger partial charge is 0.497 e. The van der Waals surface area contributed by atoms with E-state index in [1.165, 1.54) is 27.9 Å². The van der Waals surface area contributed by atoms with E-state index in [0.29, 0.717) is 26.5 Å². The van der Waals surface area contributed by atoms with Gasteiger partial charge in [0.25, 0.3) is 11.1 Å². The smallest absolute Gasteiger partial charge is 0.277 e. The number of thiazole rings is 1. The second kappa shape index (κ2) is 7.60. The van der Waals surface area contributed by atoms with Crippen LogP contribution in [-0.2, 0) is 6.42 Å². The third-order valence-electron chi connectivity index (χ3n) is 4.72. The molecule has 4 aromatic rings. The van der Waals surface area contributed by atoms with E-state index in [1.54, 1.807) is 32.2 Å². The van der Waals surface area contributed by atoms with E-state index < -0.39 is 0 Å². The summed E-state index contributed by atoms with van der Waals surface area (Å²) in [6.45, 7) is 1.73. The summed E-state index contributed by atoms with van der Waals surface area (Å²) in [5, 5.41) is 0. The minimum Gasteiger partial charge on any atom is -0.497 e. The Morgan fingerprint density at radius 2 is 1.93 bits per heavy atom. The van der Waals surface area contributed by atoms with Gasteiger partial charge in [-0.05, 0) is 48.4 Å². The van der Waals surface area contributed by atoms with Crippen LogP contribution in [0.15, 0.2) is 58.1 Å². The highest BCUT2D eigenvalue weighted by Crippen LogP contribution is 2.14. The number of hydrogen-bond donors (Lipinski definition) is 0. The molecule has 2 aromatic heterocycles. The first kappa shape index (κ1) is 19.0. The number of aryl methyl sites for hydroxylation is 1. The molecule has 0 aliphatic carbocycles. The molecule has 0 saturated carbocycles. The molecule has 0 radical (unpaired) electrons. The van der Waals surface area contributed by atoms with Crippen LogP contribution in [0, 0.1) is 12.7 Å². The zero-order valence-electron chi connectivity index (χ0n) is 15.8. The molecule has 29 heavy (non-hydrogen) atoms. The van der Waals surface area contributed by atoms with Gasteiger partial charge in [0.1, 0.15) is 11.6 Å². The Kier molecular flexibility index (Phi) is 4.98. The van der Waals surface area contributed by atoms with Crippen LogP contribution in [0.4, 0.5) is 4.39 Å². The lowest BCUT2D eigenvalue weighted by atomic mass is 10.1. The second-order valence-corrected chi connectivity index (χ2v) is 7.60. The topological polar surface area (TPSA) is 60.7 Å². The minimum absolute atomic E-state index is 0.224. The molecule has 5 nitrogen and oxygen atoms in total. The fourth-order valence-corrected chi connectivity index (χ4v) is 4.19. The third-order valence-corrected chi connectivity index (χ3v) is 5.69. The molecule has 4 rings (SSSR count). The summed E-state index contributed by atoms with van der Waals surface area (Å²) in [5.74, 6) is 0.353. The van der Waals surface area contributed by atoms with Crippen molar-refractivity contribution >= 4 is 22.4 Å². The maximum atomic E-state index is 13.1. The van der Waals surface area contributed by atoms with Crippen LogP contribution in [0.3, 0.4) is 0 Å². The van der Waals surface area contributed by atoms with E-state index in [1.807, 2.05) is 24.3 Å². The molecule has 0 spiro atoms. The van der Waals surface area contributed by atoms with Gasteiger partial charge in [-0.25, -0.2) is 4.39 Å². The highest BCUT2D eigenvalue weighted by atomic mass is 32.1. The fourth-order valence-electron chi connectivity index (χ4n) is 3.18. The Morgan fingerprint density at radius 1 is 1.17 bits per heavy atom. The molecule has 0 aliphatic heterocycles. The molecule has 0 fully saturated rings. The van der Waals surface area contributed by atoms with Crippen LogP contribution < -0.4 is 20.4 Å². The SMILES string of the molecule is COc1cccc(C=c2sc3nc(=O)c(Cc4ccc(F)cc4)c(C)n3c2=O)c1. The van der Waals surface area contributed by atoms with Crippen molar-refractivity contribution < 1.29 is 9.13 Å². The molecular weight excluding hydrogens is 391 g/mol. The average Bonchev–Trinajstić information content (AvgIpc) is 3.01. The van der Waals surface area contributed by atoms with Crippen molar-refractivity contribution in [3.8, 4) is 5.75 Å². The summed E-state index contributed by atoms with van der Waals surface area (Å²) < 4.78 is 20.3. The first-order valence-electron chi connectivity index (χ1n) is 8.91. The molecule has 0 N–H and O–H groups in total. The van der Waals surface area contributed by atoms with Gasteiger partial charge in [0, 0.05) is 17.7 Å². The molecule has 2 aromatic carbocycles. The standard InChI is InChI=1S/C22H17FN2O3S/c1-13-18(11-14-6-8-16(23)9-7-14)20(26)24-22-25(13)21(27)19(29-22)12-15-4-3-5-17(10-15)28-2/h3-10,12H,11H2,1-2H3. The van der Waals surface area contributed by atoms with Gasteiger partial charge >= 0.3 is 0 Å². The van der Waals surface area contributed by atoms with Gasteiger partial charge in [-0.2, -0.15) is 4.98 Å². The summed E-state index contributed by atoms with van der Waals surface area (Å²) in [6.07, 6.45) is 2.04. The maximum Gasteiger partial charge on any atom is 0.277 e. The van der Waals surface area contributed by atoms with Gasteiger partial charge in [0.15, 0.2) is 0 Å². The molecule has 0 atom stereocenters. The van der Waals surface area contributed by atoms with E-state index in [4.69, 9.17) is 4.74 Å². The van der Waals surface area contributed by atoms with Crippen LogP contribution in [-0.4, -0.2) is 16.5 Å². The number of halogens is 1. The van der Waals surface area contributed by atoms with Crippen molar-refractivity contribution in [2.75, 3.05) is 7.11 Å². The van der Waals surface area contributed by atoms with E-state index in [0.717, 1.165) is 11.1 Å². The van der Waals surface area contributed by atoms with Gasteiger partial charge in [-0.3, -0.25) is 14.0 Å². The second-order valence-electron chi connectivity index (χ2n) is 6.59. The summed E-state index contributed by atoms with van der Waals surface area (Å²) >= 11 is 1.17. The van der Waals surface area contributed by atoms with Crippen molar-refractivity contribution in [1.82, 2.24) is 9.38 Å². The number of methoxy groups -OCH3 is 1. The van der Waals surface area contributed by atoms with E-state index in [9.17, 15) is 14.0 Å². The Bertz CT molecular complexity index is 1370. The molecular formula is C22H17FN2O3S. The number of ether oxygens (including phenoxy) is 1. The summed E-state index contributed by atoms with van der Waals surface area (Å²) in [4.78, 5) is 30.0. The Morgan fingerprint density at radius 3 is 2.66 bits per heavy atom. The predicted molar refractivity (Wildman–Crippen MR) is 111 cm³/mol. The van der Waals surface area contributed by atoms with Gasteiger partial charge in [0.05, 0.1) is 11.6 Å². The average molecular weight is 408 g/mol. The molecule has 146 valence electrons. The lowest BCUT2D eigenvalue weighted by Gasteiger charge is -2.06. The fraction of sp³-hybridized carbons (Fsp3) is 0.136. The first-order chi connectivity index (χ1) is 14.0. The van der Waals surface area contributed by atoms with Gasteiger partial charge in [0.2, 0.25) is 4.96 Å². The van der Waals surface area contributed by atoms with Crippen molar-refractivity contribution in [1.29, 1.82) is 0 Å². The highest BCUT2D eigenvalue weighted by molar-refractivity contribution is 7.15.